The molecule has 0 radical (unpaired) electrons. The molecule has 21 heavy (non-hydrogen) atoms. The number of urea groups is 1. The van der Waals surface area contributed by atoms with Gasteiger partial charge in [0.2, 0.25) is 0 Å². The Bertz CT molecular complexity index is 431. The van der Waals surface area contributed by atoms with Crippen LogP contribution in [-0.2, 0) is 4.79 Å². The summed E-state index contributed by atoms with van der Waals surface area (Å²) in [6, 6.07) is 0.0408. The zero-order chi connectivity index (χ0) is 15.4. The highest BCUT2D eigenvalue weighted by Gasteiger charge is 2.41. The maximum Gasteiger partial charge on any atom is 0.338 e. The minimum Gasteiger partial charge on any atom is -0.275 e. The number of rotatable bonds is 4. The van der Waals surface area contributed by atoms with Crippen molar-refractivity contribution in [3.63, 3.8) is 0 Å². The molecule has 3 N–H and O–H groups in total. The fourth-order valence-electron chi connectivity index (χ4n) is 3.12. The SMILES string of the molecule is CC(C)CN(C1CCCC1)C1SCC(=C=O)N1C(=O)NN. The lowest BCUT2D eigenvalue weighted by atomic mass is 10.1. The van der Waals surface area contributed by atoms with Crippen LogP contribution in [-0.4, -0.2) is 45.6 Å². The van der Waals surface area contributed by atoms with E-state index in [0.717, 1.165) is 19.4 Å². The highest BCUT2D eigenvalue weighted by Crippen LogP contribution is 2.37. The molecular weight excluding hydrogens is 288 g/mol. The molecular formula is C14H24N4O2S. The summed E-state index contributed by atoms with van der Waals surface area (Å²) in [4.78, 5) is 27.0. The second kappa shape index (κ2) is 7.31. The molecule has 2 rings (SSSR count). The molecule has 2 amide bonds. The van der Waals surface area contributed by atoms with Crippen LogP contribution in [0.3, 0.4) is 0 Å². The molecule has 1 aliphatic carbocycles. The Morgan fingerprint density at radius 3 is 2.71 bits per heavy atom. The Balaban J connectivity index is 2.24. The lowest BCUT2D eigenvalue weighted by molar-refractivity contribution is 0.0972. The fraction of sp³-hybridized carbons (Fsp3) is 0.786. The smallest absolute Gasteiger partial charge is 0.275 e. The average molecular weight is 312 g/mol. The second-order valence-corrected chi connectivity index (χ2v) is 7.08. The summed E-state index contributed by atoms with van der Waals surface area (Å²) in [5, 5.41) is 0. The average Bonchev–Trinajstić information content (AvgIpc) is 3.12. The number of carbonyl (C=O) groups excluding carboxylic acids is 2. The quantitative estimate of drug-likeness (QED) is 0.356. The molecule has 1 heterocycles. The number of hydrogen-bond acceptors (Lipinski definition) is 5. The van der Waals surface area contributed by atoms with E-state index in [0.29, 0.717) is 23.4 Å². The van der Waals surface area contributed by atoms with Crippen molar-refractivity contribution in [2.24, 2.45) is 11.8 Å². The molecule has 1 atom stereocenters. The molecule has 1 saturated heterocycles. The van der Waals surface area contributed by atoms with Crippen molar-refractivity contribution in [2.75, 3.05) is 12.3 Å². The Morgan fingerprint density at radius 2 is 2.19 bits per heavy atom. The van der Waals surface area contributed by atoms with Gasteiger partial charge >= 0.3 is 6.03 Å². The van der Waals surface area contributed by atoms with Crippen LogP contribution in [0.5, 0.6) is 0 Å². The molecule has 1 unspecified atom stereocenters. The summed E-state index contributed by atoms with van der Waals surface area (Å²) in [5.41, 5.74) is 2.37. The van der Waals surface area contributed by atoms with Crippen molar-refractivity contribution < 1.29 is 9.59 Å². The summed E-state index contributed by atoms with van der Waals surface area (Å²) >= 11 is 1.60. The van der Waals surface area contributed by atoms with E-state index in [9.17, 15) is 9.59 Å². The highest BCUT2D eigenvalue weighted by atomic mass is 32.2. The molecule has 0 aromatic rings. The zero-order valence-electron chi connectivity index (χ0n) is 12.7. The number of carbonyl (C=O) groups is 1. The summed E-state index contributed by atoms with van der Waals surface area (Å²) < 4.78 is 0. The number of nitrogens with two attached hydrogens (primary N) is 1. The molecule has 6 nitrogen and oxygen atoms in total. The van der Waals surface area contributed by atoms with Crippen LogP contribution < -0.4 is 11.3 Å². The van der Waals surface area contributed by atoms with Gasteiger partial charge in [0.25, 0.3) is 0 Å². The molecule has 0 spiro atoms. The van der Waals surface area contributed by atoms with Crippen LogP contribution in [0.2, 0.25) is 0 Å². The van der Waals surface area contributed by atoms with Gasteiger partial charge in [-0.05, 0) is 18.8 Å². The number of hydrogen-bond donors (Lipinski definition) is 2. The van der Waals surface area contributed by atoms with Gasteiger partial charge in [-0.2, -0.15) is 0 Å². The molecule has 0 aromatic heterocycles. The molecule has 1 aliphatic heterocycles. The summed E-state index contributed by atoms with van der Waals surface area (Å²) in [6.07, 6.45) is 4.77. The Labute approximate surface area is 130 Å². The van der Waals surface area contributed by atoms with Gasteiger partial charge in [-0.25, -0.2) is 15.4 Å². The molecule has 0 bridgehead atoms. The minimum absolute atomic E-state index is 0.157. The Kier molecular flexibility index (Phi) is 5.70. The van der Waals surface area contributed by atoms with Gasteiger partial charge in [0, 0.05) is 18.3 Å². The van der Waals surface area contributed by atoms with Gasteiger partial charge in [0.05, 0.1) is 0 Å². The van der Waals surface area contributed by atoms with Gasteiger partial charge in [-0.3, -0.25) is 15.2 Å². The van der Waals surface area contributed by atoms with E-state index in [4.69, 9.17) is 5.84 Å². The van der Waals surface area contributed by atoms with E-state index >= 15 is 0 Å². The molecule has 7 heteroatoms. The Morgan fingerprint density at radius 1 is 1.52 bits per heavy atom. The number of thioether (sulfide) groups is 1. The van der Waals surface area contributed by atoms with Crippen LogP contribution in [0.1, 0.15) is 39.5 Å². The van der Waals surface area contributed by atoms with Crippen molar-refractivity contribution in [1.29, 1.82) is 0 Å². The third-order valence-corrected chi connectivity index (χ3v) is 5.21. The zero-order valence-corrected chi connectivity index (χ0v) is 13.5. The van der Waals surface area contributed by atoms with Crippen molar-refractivity contribution in [2.45, 2.75) is 51.1 Å². The van der Waals surface area contributed by atoms with Crippen LogP contribution in [0.4, 0.5) is 4.79 Å². The molecule has 1 saturated carbocycles. The van der Waals surface area contributed by atoms with E-state index in [1.807, 2.05) is 5.94 Å². The topological polar surface area (TPSA) is 78.7 Å². The monoisotopic (exact) mass is 312 g/mol. The van der Waals surface area contributed by atoms with Crippen LogP contribution in [0.15, 0.2) is 5.70 Å². The van der Waals surface area contributed by atoms with E-state index in [2.05, 4.69) is 24.2 Å². The van der Waals surface area contributed by atoms with Crippen LogP contribution in [0.25, 0.3) is 0 Å². The first-order valence-electron chi connectivity index (χ1n) is 7.49. The predicted molar refractivity (Wildman–Crippen MR) is 83.8 cm³/mol. The first-order valence-corrected chi connectivity index (χ1v) is 8.54. The first-order chi connectivity index (χ1) is 10.1. The third kappa shape index (κ3) is 3.61. The largest absolute Gasteiger partial charge is 0.338 e. The Hall–Kier alpha value is -1.01. The van der Waals surface area contributed by atoms with E-state index in [1.54, 1.807) is 11.8 Å². The predicted octanol–water partition coefficient (Wildman–Crippen LogP) is 1.52. The number of nitrogens with zero attached hydrogens (tertiary/aromatic N) is 2. The highest BCUT2D eigenvalue weighted by molar-refractivity contribution is 8.00. The lowest BCUT2D eigenvalue weighted by Crippen LogP contribution is -2.54. The normalized spacial score (nSPS) is 23.2. The van der Waals surface area contributed by atoms with Gasteiger partial charge < -0.3 is 0 Å². The molecule has 2 fully saturated rings. The molecule has 2 aliphatic rings. The summed E-state index contributed by atoms with van der Waals surface area (Å²) in [7, 11) is 0. The van der Waals surface area contributed by atoms with Gasteiger partial charge in [-0.15, -0.1) is 11.8 Å². The lowest BCUT2D eigenvalue weighted by Gasteiger charge is -2.38. The molecule has 0 aromatic carbocycles. The second-order valence-electron chi connectivity index (χ2n) is 6.03. The van der Waals surface area contributed by atoms with E-state index in [1.165, 1.54) is 17.7 Å². The van der Waals surface area contributed by atoms with Gasteiger partial charge in [0.1, 0.15) is 17.1 Å². The van der Waals surface area contributed by atoms with Crippen molar-refractivity contribution in [3.05, 3.63) is 5.70 Å². The van der Waals surface area contributed by atoms with Gasteiger partial charge in [-0.1, -0.05) is 26.7 Å². The fourth-order valence-corrected chi connectivity index (χ4v) is 4.45. The van der Waals surface area contributed by atoms with Crippen LogP contribution in [0, 0.1) is 5.92 Å². The summed E-state index contributed by atoms with van der Waals surface area (Å²) in [5.74, 6) is 8.16. The van der Waals surface area contributed by atoms with E-state index < -0.39 is 6.03 Å². The van der Waals surface area contributed by atoms with Crippen molar-refractivity contribution in [3.8, 4) is 0 Å². The number of amides is 2. The standard InChI is InChI=1S/C14H24N4O2S/c1-10(2)7-17(11-5-3-4-6-11)14-18(13(20)16-15)12(8-19)9-21-14/h10-11,14H,3-7,9,15H2,1-2H3,(H,16,20). The third-order valence-electron chi connectivity index (χ3n) is 3.99. The number of nitrogens with one attached hydrogen (secondary N) is 1. The first kappa shape index (κ1) is 16.4. The molecule has 118 valence electrons. The van der Waals surface area contributed by atoms with Crippen molar-refractivity contribution >= 4 is 23.7 Å². The maximum atomic E-state index is 12.0. The van der Waals surface area contributed by atoms with Crippen LogP contribution >= 0.6 is 11.8 Å². The summed E-state index contributed by atoms with van der Waals surface area (Å²) in [6.45, 7) is 5.25. The maximum absolute atomic E-state index is 12.0. The number of hydrazine groups is 1. The van der Waals surface area contributed by atoms with Gasteiger partial charge in [0.15, 0.2) is 0 Å². The van der Waals surface area contributed by atoms with E-state index in [-0.39, 0.29) is 5.50 Å². The minimum atomic E-state index is -0.435. The van der Waals surface area contributed by atoms with Crippen molar-refractivity contribution in [1.82, 2.24) is 15.2 Å².